The lowest BCUT2D eigenvalue weighted by atomic mass is 10.1. The van der Waals surface area contributed by atoms with Crippen LogP contribution < -0.4 is 10.5 Å². The summed E-state index contributed by atoms with van der Waals surface area (Å²) in [5.41, 5.74) is 5.32. The molecular weight excluding hydrogens is 214 g/mol. The van der Waals surface area contributed by atoms with E-state index in [1.807, 2.05) is 24.3 Å². The highest BCUT2D eigenvalue weighted by atomic mass is 16.5. The molecule has 0 saturated carbocycles. The Labute approximate surface area is 101 Å². The summed E-state index contributed by atoms with van der Waals surface area (Å²) >= 11 is 0. The Hall–Kier alpha value is -1.58. The van der Waals surface area contributed by atoms with E-state index in [-0.39, 0.29) is 0 Å². The van der Waals surface area contributed by atoms with E-state index in [2.05, 4.69) is 18.2 Å². The minimum absolute atomic E-state index is 0.552. The van der Waals surface area contributed by atoms with Gasteiger partial charge in [-0.25, -0.2) is 0 Å². The molecule has 2 rings (SSSR count). The van der Waals surface area contributed by atoms with Crippen LogP contribution in [0.4, 0.5) is 0 Å². The number of benzene rings is 2. The van der Waals surface area contributed by atoms with Gasteiger partial charge in [-0.05, 0) is 22.9 Å². The predicted molar refractivity (Wildman–Crippen MR) is 69.3 cm³/mol. The summed E-state index contributed by atoms with van der Waals surface area (Å²) in [5, 5.41) is 2.41. The molecule has 0 amide bonds. The Bertz CT molecular complexity index is 470. The van der Waals surface area contributed by atoms with Crippen LogP contribution in [0.25, 0.3) is 10.8 Å². The molecule has 0 atom stereocenters. The Morgan fingerprint density at radius 3 is 2.53 bits per heavy atom. The molecule has 0 aliphatic carbocycles. The second-order valence-electron chi connectivity index (χ2n) is 3.76. The lowest BCUT2D eigenvalue weighted by Gasteiger charge is -2.07. The standard InChI is InChI=1S/C14H17NO2/c15-7-8-16-9-10-17-14-6-5-12-3-1-2-4-13(12)11-14/h1-6,11H,7-10,15H2. The third kappa shape index (κ3) is 3.44. The molecule has 0 unspecified atom stereocenters. The molecule has 90 valence electrons. The zero-order chi connectivity index (χ0) is 11.9. The van der Waals surface area contributed by atoms with E-state index in [1.165, 1.54) is 10.8 Å². The van der Waals surface area contributed by atoms with Crippen molar-refractivity contribution in [2.24, 2.45) is 5.73 Å². The van der Waals surface area contributed by atoms with Gasteiger partial charge >= 0.3 is 0 Å². The molecule has 0 aromatic heterocycles. The molecule has 0 spiro atoms. The molecule has 2 aromatic carbocycles. The monoisotopic (exact) mass is 231 g/mol. The van der Waals surface area contributed by atoms with E-state index in [4.69, 9.17) is 15.2 Å². The molecule has 3 heteroatoms. The number of rotatable bonds is 6. The van der Waals surface area contributed by atoms with Crippen molar-refractivity contribution in [3.8, 4) is 5.75 Å². The number of nitrogens with two attached hydrogens (primary N) is 1. The summed E-state index contributed by atoms with van der Waals surface area (Å²) in [5.74, 6) is 0.875. The normalized spacial score (nSPS) is 10.6. The largest absolute Gasteiger partial charge is 0.491 e. The first kappa shape index (κ1) is 11.9. The molecule has 0 fully saturated rings. The summed E-state index contributed by atoms with van der Waals surface area (Å²) in [7, 11) is 0. The van der Waals surface area contributed by atoms with Crippen LogP contribution in [0.15, 0.2) is 42.5 Å². The van der Waals surface area contributed by atoms with Gasteiger partial charge in [-0.15, -0.1) is 0 Å². The van der Waals surface area contributed by atoms with Crippen molar-refractivity contribution < 1.29 is 9.47 Å². The molecular formula is C14H17NO2. The van der Waals surface area contributed by atoms with E-state index in [0.29, 0.717) is 26.4 Å². The van der Waals surface area contributed by atoms with Crippen LogP contribution in [0.2, 0.25) is 0 Å². The van der Waals surface area contributed by atoms with Crippen molar-refractivity contribution in [2.75, 3.05) is 26.4 Å². The molecule has 0 saturated heterocycles. The molecule has 0 bridgehead atoms. The minimum Gasteiger partial charge on any atom is -0.491 e. The van der Waals surface area contributed by atoms with E-state index >= 15 is 0 Å². The number of ether oxygens (including phenoxy) is 2. The first-order chi connectivity index (χ1) is 8.40. The lowest BCUT2D eigenvalue weighted by Crippen LogP contribution is -2.13. The van der Waals surface area contributed by atoms with Crippen LogP contribution in [0.5, 0.6) is 5.75 Å². The quantitative estimate of drug-likeness (QED) is 0.775. The lowest BCUT2D eigenvalue weighted by molar-refractivity contribution is 0.106. The average Bonchev–Trinajstić information content (AvgIpc) is 2.38. The van der Waals surface area contributed by atoms with Gasteiger partial charge in [0.1, 0.15) is 12.4 Å². The first-order valence-electron chi connectivity index (χ1n) is 5.79. The number of fused-ring (bicyclic) bond motifs is 1. The summed E-state index contributed by atoms with van der Waals surface area (Å²) in [4.78, 5) is 0. The Morgan fingerprint density at radius 1 is 0.882 bits per heavy atom. The topological polar surface area (TPSA) is 44.5 Å². The summed E-state index contributed by atoms with van der Waals surface area (Å²) < 4.78 is 10.8. The SMILES string of the molecule is NCCOCCOc1ccc2ccccc2c1. The average molecular weight is 231 g/mol. The summed E-state index contributed by atoms with van der Waals surface area (Å²) in [6.45, 7) is 2.26. The van der Waals surface area contributed by atoms with E-state index in [1.54, 1.807) is 0 Å². The van der Waals surface area contributed by atoms with Crippen LogP contribution in [0.3, 0.4) is 0 Å². The van der Waals surface area contributed by atoms with Crippen molar-refractivity contribution in [3.63, 3.8) is 0 Å². The third-order valence-corrected chi connectivity index (χ3v) is 2.48. The zero-order valence-corrected chi connectivity index (χ0v) is 9.76. The summed E-state index contributed by atoms with van der Waals surface area (Å²) in [6, 6.07) is 14.3. The molecule has 17 heavy (non-hydrogen) atoms. The highest BCUT2D eigenvalue weighted by Gasteiger charge is 1.96. The van der Waals surface area contributed by atoms with Gasteiger partial charge in [0.2, 0.25) is 0 Å². The molecule has 0 aliphatic heterocycles. The Kier molecular flexibility index (Phi) is 4.36. The molecule has 2 N–H and O–H groups in total. The zero-order valence-electron chi connectivity index (χ0n) is 9.76. The maximum absolute atomic E-state index is 5.59. The van der Waals surface area contributed by atoms with Crippen molar-refractivity contribution in [1.82, 2.24) is 0 Å². The van der Waals surface area contributed by atoms with Gasteiger partial charge in [-0.2, -0.15) is 0 Å². The fourth-order valence-electron chi connectivity index (χ4n) is 1.66. The van der Waals surface area contributed by atoms with Crippen LogP contribution in [0, 0.1) is 0 Å². The first-order valence-corrected chi connectivity index (χ1v) is 5.79. The highest BCUT2D eigenvalue weighted by molar-refractivity contribution is 5.83. The molecule has 0 radical (unpaired) electrons. The molecule has 0 aliphatic rings. The van der Waals surface area contributed by atoms with Crippen molar-refractivity contribution in [2.45, 2.75) is 0 Å². The maximum atomic E-state index is 5.59. The van der Waals surface area contributed by atoms with Crippen molar-refractivity contribution >= 4 is 10.8 Å². The van der Waals surface area contributed by atoms with Crippen LogP contribution in [-0.4, -0.2) is 26.4 Å². The van der Waals surface area contributed by atoms with E-state index in [9.17, 15) is 0 Å². The van der Waals surface area contributed by atoms with E-state index < -0.39 is 0 Å². The Balaban J connectivity index is 1.90. The van der Waals surface area contributed by atoms with E-state index in [0.717, 1.165) is 5.75 Å². The van der Waals surface area contributed by atoms with Gasteiger partial charge in [0.05, 0.1) is 13.2 Å². The second-order valence-corrected chi connectivity index (χ2v) is 3.76. The van der Waals surface area contributed by atoms with Crippen molar-refractivity contribution in [3.05, 3.63) is 42.5 Å². The fraction of sp³-hybridized carbons (Fsp3) is 0.286. The number of hydrogen-bond acceptors (Lipinski definition) is 3. The minimum atomic E-state index is 0.552. The fourth-order valence-corrected chi connectivity index (χ4v) is 1.66. The van der Waals surface area contributed by atoms with Crippen molar-refractivity contribution in [1.29, 1.82) is 0 Å². The summed E-state index contributed by atoms with van der Waals surface area (Å²) in [6.07, 6.45) is 0. The van der Waals surface area contributed by atoms with Crippen LogP contribution in [0.1, 0.15) is 0 Å². The van der Waals surface area contributed by atoms with Crippen LogP contribution >= 0.6 is 0 Å². The van der Waals surface area contributed by atoms with Gasteiger partial charge in [0.15, 0.2) is 0 Å². The van der Waals surface area contributed by atoms with Crippen LogP contribution in [-0.2, 0) is 4.74 Å². The highest BCUT2D eigenvalue weighted by Crippen LogP contribution is 2.20. The smallest absolute Gasteiger partial charge is 0.120 e. The molecule has 0 heterocycles. The van der Waals surface area contributed by atoms with Gasteiger partial charge in [0.25, 0.3) is 0 Å². The molecule has 3 nitrogen and oxygen atoms in total. The second kappa shape index (κ2) is 6.23. The predicted octanol–water partition coefficient (Wildman–Crippen LogP) is 2.19. The molecule has 2 aromatic rings. The Morgan fingerprint density at radius 2 is 1.71 bits per heavy atom. The number of hydrogen-bond donors (Lipinski definition) is 1. The van der Waals surface area contributed by atoms with Gasteiger partial charge < -0.3 is 15.2 Å². The maximum Gasteiger partial charge on any atom is 0.120 e. The van der Waals surface area contributed by atoms with Gasteiger partial charge in [0, 0.05) is 6.54 Å². The van der Waals surface area contributed by atoms with Gasteiger partial charge in [-0.1, -0.05) is 30.3 Å². The third-order valence-electron chi connectivity index (χ3n) is 2.48. The van der Waals surface area contributed by atoms with Gasteiger partial charge in [-0.3, -0.25) is 0 Å².